The molecule has 2 heterocycles. The molecule has 26 heavy (non-hydrogen) atoms. The lowest BCUT2D eigenvalue weighted by Gasteiger charge is -2.24. The molecule has 1 atom stereocenters. The molecule has 1 unspecified atom stereocenters. The lowest BCUT2D eigenvalue weighted by atomic mass is 10.2. The van der Waals surface area contributed by atoms with Crippen LogP contribution in [-0.4, -0.2) is 31.4 Å². The summed E-state index contributed by atoms with van der Waals surface area (Å²) >= 11 is -1.62. The molecule has 136 valence electrons. The average Bonchev–Trinajstić information content (AvgIpc) is 2.97. The van der Waals surface area contributed by atoms with Crippen LogP contribution in [0.5, 0.6) is 0 Å². The molecule has 0 amide bonds. The second kappa shape index (κ2) is 8.54. The van der Waals surface area contributed by atoms with Crippen molar-refractivity contribution in [1.82, 2.24) is 13.7 Å². The summed E-state index contributed by atoms with van der Waals surface area (Å²) in [5.41, 5.74) is 6.63. The molecule has 0 radical (unpaired) electrons. The van der Waals surface area contributed by atoms with Gasteiger partial charge in [0.25, 0.3) is 0 Å². The summed E-state index contributed by atoms with van der Waals surface area (Å²) in [6, 6.07) is 12.2. The van der Waals surface area contributed by atoms with Crippen LogP contribution in [0.1, 0.15) is 12.0 Å². The lowest BCUT2D eigenvalue weighted by molar-refractivity contribution is 0.585. The second-order valence-corrected chi connectivity index (χ2v) is 6.49. The third-order valence-electron chi connectivity index (χ3n) is 3.75. The zero-order valence-electron chi connectivity index (χ0n) is 14.0. The maximum Gasteiger partial charge on any atom is 0.232 e. The van der Waals surface area contributed by atoms with Crippen molar-refractivity contribution >= 4 is 28.6 Å². The van der Waals surface area contributed by atoms with E-state index in [-0.39, 0.29) is 11.6 Å². The smallest absolute Gasteiger partial charge is 0.232 e. The minimum atomic E-state index is -1.62. The maximum atomic E-state index is 13.1. The van der Waals surface area contributed by atoms with Gasteiger partial charge in [-0.25, -0.2) is 9.37 Å². The van der Waals surface area contributed by atoms with Crippen molar-refractivity contribution in [2.24, 2.45) is 0 Å². The molecule has 0 bridgehead atoms. The largest absolute Gasteiger partial charge is 0.546 e. The highest BCUT2D eigenvalue weighted by molar-refractivity contribution is 7.14. The van der Waals surface area contributed by atoms with Crippen molar-refractivity contribution < 1.29 is 8.94 Å². The molecule has 0 spiro atoms. The highest BCUT2D eigenvalue weighted by atomic mass is 32.2. The van der Waals surface area contributed by atoms with E-state index in [1.54, 1.807) is 18.3 Å². The van der Waals surface area contributed by atoms with E-state index in [4.69, 9.17) is 5.73 Å². The van der Waals surface area contributed by atoms with Crippen molar-refractivity contribution in [3.63, 3.8) is 0 Å². The molecule has 0 aliphatic heterocycles. The first-order valence-corrected chi connectivity index (χ1v) is 9.18. The van der Waals surface area contributed by atoms with Gasteiger partial charge >= 0.3 is 0 Å². The number of rotatable bonds is 8. The molecule has 0 aliphatic rings. The molecule has 0 saturated heterocycles. The van der Waals surface area contributed by atoms with Crippen LogP contribution < -0.4 is 16.0 Å². The van der Waals surface area contributed by atoms with E-state index in [2.05, 4.69) is 23.9 Å². The average molecular weight is 374 g/mol. The predicted octanol–water partition coefficient (Wildman–Crippen LogP) is 2.83. The van der Waals surface area contributed by atoms with Gasteiger partial charge in [0.05, 0.1) is 0 Å². The van der Waals surface area contributed by atoms with E-state index in [0.717, 1.165) is 24.3 Å². The molecule has 3 aromatic rings. The standard InChI is InChI=1S/C17H19FN6OS/c18-14-7-5-13(6-8-14)12-24(15-4-1-2-9-20-15)11-3-10-21-17-16(19)22-26(25)23-17/h1-2,4-9H,3,10-12H2,(H2,19,22)(H,21,23). The van der Waals surface area contributed by atoms with Gasteiger partial charge in [-0.2, -0.15) is 0 Å². The molecule has 3 rings (SSSR count). The summed E-state index contributed by atoms with van der Waals surface area (Å²) in [7, 11) is 0. The third-order valence-corrected chi connectivity index (χ3v) is 4.44. The zero-order valence-corrected chi connectivity index (χ0v) is 14.8. The number of nitrogens with one attached hydrogen (secondary N) is 1. The Labute approximate surface area is 153 Å². The van der Waals surface area contributed by atoms with E-state index in [0.29, 0.717) is 18.9 Å². The van der Waals surface area contributed by atoms with Crippen LogP contribution in [0.15, 0.2) is 48.7 Å². The maximum absolute atomic E-state index is 13.1. The van der Waals surface area contributed by atoms with E-state index >= 15 is 0 Å². The molecular formula is C17H19FN6OS. The number of nitrogen functional groups attached to an aromatic ring is 1. The van der Waals surface area contributed by atoms with Gasteiger partial charge in [0.2, 0.25) is 11.6 Å². The number of nitrogens with two attached hydrogens (primary N) is 1. The first-order valence-electron chi connectivity index (χ1n) is 8.11. The Hall–Kier alpha value is -2.78. The van der Waals surface area contributed by atoms with Crippen LogP contribution in [0.2, 0.25) is 0 Å². The summed E-state index contributed by atoms with van der Waals surface area (Å²) in [5.74, 6) is 1.12. The Morgan fingerprint density at radius 3 is 2.62 bits per heavy atom. The van der Waals surface area contributed by atoms with E-state index < -0.39 is 11.1 Å². The van der Waals surface area contributed by atoms with Crippen molar-refractivity contribution in [2.75, 3.05) is 29.0 Å². The van der Waals surface area contributed by atoms with Crippen LogP contribution in [0.4, 0.5) is 21.8 Å². The first kappa shape index (κ1) is 18.0. The van der Waals surface area contributed by atoms with Crippen molar-refractivity contribution in [1.29, 1.82) is 0 Å². The van der Waals surface area contributed by atoms with Crippen LogP contribution in [0.25, 0.3) is 0 Å². The van der Waals surface area contributed by atoms with Crippen molar-refractivity contribution in [3.8, 4) is 0 Å². The molecule has 0 fully saturated rings. The van der Waals surface area contributed by atoms with Gasteiger partial charge in [0, 0.05) is 34.6 Å². The molecule has 1 aromatic carbocycles. The van der Waals surface area contributed by atoms with Gasteiger partial charge in [0.15, 0.2) is 11.1 Å². The van der Waals surface area contributed by atoms with Gasteiger partial charge < -0.3 is 20.5 Å². The summed E-state index contributed by atoms with van der Waals surface area (Å²) in [4.78, 5) is 6.51. The normalized spacial score (nSPS) is 11.4. The van der Waals surface area contributed by atoms with Crippen LogP contribution in [-0.2, 0) is 6.54 Å². The SMILES string of the molecule is Nc1n[s+]([O-])nc1NCCCN(Cc1ccc(F)cc1)c1ccccn1. The topological polar surface area (TPSA) is 103 Å². The van der Waals surface area contributed by atoms with E-state index in [1.165, 1.54) is 12.1 Å². The fourth-order valence-electron chi connectivity index (χ4n) is 2.50. The highest BCUT2D eigenvalue weighted by Crippen LogP contribution is 2.19. The summed E-state index contributed by atoms with van der Waals surface area (Å²) in [6.07, 6.45) is 2.52. The fourth-order valence-corrected chi connectivity index (χ4v) is 3.11. The third kappa shape index (κ3) is 4.87. The van der Waals surface area contributed by atoms with Crippen LogP contribution >= 0.6 is 11.1 Å². The van der Waals surface area contributed by atoms with Crippen LogP contribution in [0, 0.1) is 5.82 Å². The number of hydrogen-bond acceptors (Lipinski definition) is 7. The molecule has 2 aromatic heterocycles. The number of anilines is 3. The van der Waals surface area contributed by atoms with Gasteiger partial charge in [0.1, 0.15) is 11.6 Å². The fraction of sp³-hybridized carbons (Fsp3) is 0.235. The Morgan fingerprint density at radius 1 is 1.15 bits per heavy atom. The number of nitrogens with zero attached hydrogens (tertiary/aromatic N) is 4. The number of hydrogen-bond donors (Lipinski definition) is 2. The molecule has 7 nitrogen and oxygen atoms in total. The number of pyridine rings is 1. The number of halogens is 1. The Morgan fingerprint density at radius 2 is 1.96 bits per heavy atom. The number of benzene rings is 1. The summed E-state index contributed by atoms with van der Waals surface area (Å²) in [6.45, 7) is 1.93. The molecular weight excluding hydrogens is 355 g/mol. The van der Waals surface area contributed by atoms with Gasteiger partial charge in [-0.1, -0.05) is 18.2 Å². The minimum absolute atomic E-state index is 0.163. The Kier molecular flexibility index (Phi) is 5.92. The minimum Gasteiger partial charge on any atom is -0.546 e. The number of aromatic nitrogens is 3. The van der Waals surface area contributed by atoms with Crippen molar-refractivity contribution in [2.45, 2.75) is 13.0 Å². The zero-order chi connectivity index (χ0) is 18.4. The quantitative estimate of drug-likeness (QED) is 0.461. The van der Waals surface area contributed by atoms with Gasteiger partial charge in [-0.05, 0) is 36.2 Å². The van der Waals surface area contributed by atoms with Crippen LogP contribution in [0.3, 0.4) is 0 Å². The lowest BCUT2D eigenvalue weighted by Crippen LogP contribution is -2.26. The highest BCUT2D eigenvalue weighted by Gasteiger charge is 2.12. The predicted molar refractivity (Wildman–Crippen MR) is 99.9 cm³/mol. The van der Waals surface area contributed by atoms with E-state index in [9.17, 15) is 8.94 Å². The molecule has 3 N–H and O–H groups in total. The molecule has 0 saturated carbocycles. The second-order valence-electron chi connectivity index (χ2n) is 5.66. The summed E-state index contributed by atoms with van der Waals surface area (Å²) in [5, 5.41) is 3.04. The first-order chi connectivity index (χ1) is 12.6. The molecule has 9 heteroatoms. The summed E-state index contributed by atoms with van der Waals surface area (Å²) < 4.78 is 31.8. The monoisotopic (exact) mass is 374 g/mol. The Balaban J connectivity index is 1.60. The molecule has 0 aliphatic carbocycles. The Bertz CT molecular complexity index is 827. The van der Waals surface area contributed by atoms with Crippen molar-refractivity contribution in [3.05, 3.63) is 60.0 Å². The van der Waals surface area contributed by atoms with Gasteiger partial charge in [-0.3, -0.25) is 0 Å². The van der Waals surface area contributed by atoms with Gasteiger partial charge in [-0.15, -0.1) is 0 Å². The van der Waals surface area contributed by atoms with E-state index in [1.807, 2.05) is 18.2 Å².